The first kappa shape index (κ1) is 16.8. The summed E-state index contributed by atoms with van der Waals surface area (Å²) in [4.78, 5) is 24.0. The van der Waals surface area contributed by atoms with Gasteiger partial charge in [0.05, 0.1) is 6.42 Å². The Morgan fingerprint density at radius 3 is 2.15 bits per heavy atom. The number of para-hydroxylation sites is 1. The minimum atomic E-state index is -1.69. The van der Waals surface area contributed by atoms with Crippen molar-refractivity contribution in [1.29, 1.82) is 0 Å². The Balaban J connectivity index is 2.03. The van der Waals surface area contributed by atoms with Gasteiger partial charge in [-0.1, -0.05) is 54.6 Å². The van der Waals surface area contributed by atoms with Crippen molar-refractivity contribution >= 4 is 33.9 Å². The molecule has 0 radical (unpaired) electrons. The first-order chi connectivity index (χ1) is 13.0. The van der Waals surface area contributed by atoms with E-state index in [0.717, 1.165) is 10.8 Å². The van der Waals surface area contributed by atoms with Crippen molar-refractivity contribution in [2.45, 2.75) is 11.8 Å². The summed E-state index contributed by atoms with van der Waals surface area (Å²) in [6.07, 6.45) is -0.562. The smallest absolute Gasteiger partial charge is 0.319 e. The van der Waals surface area contributed by atoms with Gasteiger partial charge in [-0.2, -0.15) is 0 Å². The molecule has 5 heteroatoms. The molecule has 5 nitrogen and oxygen atoms in total. The first-order valence-electron chi connectivity index (χ1n) is 8.45. The summed E-state index contributed by atoms with van der Waals surface area (Å²) in [7, 11) is 0. The van der Waals surface area contributed by atoms with Gasteiger partial charge in [-0.15, -0.1) is 0 Å². The highest BCUT2D eigenvalue weighted by atomic mass is 16.4. The normalized spacial score (nSPS) is 13.5. The number of furan rings is 1. The molecular formula is C22H16O5. The van der Waals surface area contributed by atoms with E-state index in [4.69, 9.17) is 4.42 Å². The molecule has 1 unspecified atom stereocenters. The van der Waals surface area contributed by atoms with E-state index in [2.05, 4.69) is 0 Å². The molecule has 1 atom stereocenters. The van der Waals surface area contributed by atoms with Gasteiger partial charge in [0.2, 0.25) is 0 Å². The van der Waals surface area contributed by atoms with Crippen LogP contribution in [0.15, 0.2) is 77.2 Å². The van der Waals surface area contributed by atoms with E-state index in [1.165, 1.54) is 0 Å². The lowest BCUT2D eigenvalue weighted by Gasteiger charge is -2.29. The van der Waals surface area contributed by atoms with Crippen LogP contribution in [0.3, 0.4) is 0 Å². The number of rotatable bonds is 5. The van der Waals surface area contributed by atoms with Crippen molar-refractivity contribution in [1.82, 2.24) is 0 Å². The Kier molecular flexibility index (Phi) is 3.92. The van der Waals surface area contributed by atoms with Gasteiger partial charge < -0.3 is 14.6 Å². The number of benzene rings is 3. The van der Waals surface area contributed by atoms with Crippen LogP contribution in [0.5, 0.6) is 0 Å². The third-order valence-corrected chi connectivity index (χ3v) is 4.92. The summed E-state index contributed by atoms with van der Waals surface area (Å²) >= 11 is 0. The highest BCUT2D eigenvalue weighted by Gasteiger charge is 2.44. The number of aliphatic carboxylic acids is 2. The highest BCUT2D eigenvalue weighted by Crippen LogP contribution is 2.39. The Bertz CT molecular complexity index is 1160. The predicted octanol–water partition coefficient (Wildman–Crippen LogP) is 4.43. The van der Waals surface area contributed by atoms with Crippen LogP contribution in [-0.2, 0) is 15.0 Å². The Hall–Kier alpha value is -3.60. The summed E-state index contributed by atoms with van der Waals surface area (Å²) in [6, 6.07) is 21.0. The van der Waals surface area contributed by atoms with E-state index < -0.39 is 23.8 Å². The Morgan fingerprint density at radius 2 is 1.44 bits per heavy atom. The van der Waals surface area contributed by atoms with E-state index in [0.29, 0.717) is 22.3 Å². The molecule has 2 N–H and O–H groups in total. The number of hydrogen-bond donors (Lipinski definition) is 2. The van der Waals surface area contributed by atoms with Crippen LogP contribution in [0, 0.1) is 0 Å². The van der Waals surface area contributed by atoms with E-state index in [1.54, 1.807) is 48.5 Å². The molecule has 0 aliphatic rings. The molecule has 0 saturated heterocycles. The Morgan fingerprint density at radius 1 is 0.778 bits per heavy atom. The summed E-state index contributed by atoms with van der Waals surface area (Å²) in [6.45, 7) is 0. The van der Waals surface area contributed by atoms with Gasteiger partial charge >= 0.3 is 11.9 Å². The zero-order chi connectivity index (χ0) is 19.0. The van der Waals surface area contributed by atoms with Crippen LogP contribution in [0.2, 0.25) is 0 Å². The van der Waals surface area contributed by atoms with Crippen LogP contribution >= 0.6 is 0 Å². The third-order valence-electron chi connectivity index (χ3n) is 4.92. The van der Waals surface area contributed by atoms with Crippen LogP contribution < -0.4 is 0 Å². The molecule has 4 rings (SSSR count). The second-order valence-electron chi connectivity index (χ2n) is 6.46. The average Bonchev–Trinajstić information content (AvgIpc) is 3.04. The molecule has 0 aliphatic heterocycles. The van der Waals surface area contributed by atoms with Crippen molar-refractivity contribution in [3.05, 3.63) is 83.9 Å². The van der Waals surface area contributed by atoms with Crippen LogP contribution in [0.1, 0.15) is 17.5 Å². The summed E-state index contributed by atoms with van der Waals surface area (Å²) in [5, 5.41) is 21.2. The molecule has 4 aromatic rings. The molecule has 0 saturated carbocycles. The minimum Gasteiger partial charge on any atom is -0.481 e. The van der Waals surface area contributed by atoms with Gasteiger partial charge in [0.1, 0.15) is 16.6 Å². The number of carboxylic acid groups (broad SMARTS) is 2. The molecular weight excluding hydrogens is 344 g/mol. The second-order valence-corrected chi connectivity index (χ2v) is 6.46. The fourth-order valence-corrected chi connectivity index (χ4v) is 3.63. The molecule has 0 spiro atoms. The zero-order valence-electron chi connectivity index (χ0n) is 14.3. The van der Waals surface area contributed by atoms with Gasteiger partial charge in [0.25, 0.3) is 0 Å². The monoisotopic (exact) mass is 360 g/mol. The molecule has 1 aromatic heterocycles. The quantitative estimate of drug-likeness (QED) is 0.550. The van der Waals surface area contributed by atoms with Crippen molar-refractivity contribution in [2.75, 3.05) is 0 Å². The topological polar surface area (TPSA) is 87.7 Å². The largest absolute Gasteiger partial charge is 0.481 e. The van der Waals surface area contributed by atoms with Crippen LogP contribution in [-0.4, -0.2) is 22.2 Å². The lowest BCUT2D eigenvalue weighted by atomic mass is 9.71. The third kappa shape index (κ3) is 2.64. The molecule has 3 aromatic carbocycles. The van der Waals surface area contributed by atoms with Crippen molar-refractivity contribution in [3.63, 3.8) is 0 Å². The highest BCUT2D eigenvalue weighted by molar-refractivity contribution is 6.05. The molecule has 0 fully saturated rings. The van der Waals surface area contributed by atoms with E-state index in [9.17, 15) is 19.8 Å². The summed E-state index contributed by atoms with van der Waals surface area (Å²) < 4.78 is 5.80. The maximum atomic E-state index is 12.4. The lowest BCUT2D eigenvalue weighted by Crippen LogP contribution is -2.39. The number of hydrogen-bond acceptors (Lipinski definition) is 3. The van der Waals surface area contributed by atoms with Crippen molar-refractivity contribution in [3.8, 4) is 0 Å². The second kappa shape index (κ2) is 6.29. The van der Waals surface area contributed by atoms with Gasteiger partial charge in [-0.25, -0.2) is 0 Å². The van der Waals surface area contributed by atoms with E-state index >= 15 is 0 Å². The molecule has 0 bridgehead atoms. The van der Waals surface area contributed by atoms with E-state index in [1.807, 2.05) is 24.3 Å². The van der Waals surface area contributed by atoms with Crippen molar-refractivity contribution in [2.24, 2.45) is 0 Å². The maximum absolute atomic E-state index is 12.4. The van der Waals surface area contributed by atoms with Crippen LogP contribution in [0.4, 0.5) is 0 Å². The van der Waals surface area contributed by atoms with Crippen LogP contribution in [0.25, 0.3) is 21.9 Å². The molecule has 1 heterocycles. The summed E-state index contributed by atoms with van der Waals surface area (Å²) in [5.74, 6) is -2.39. The SMILES string of the molecule is O=C(O)CC(C(=O)O)(c1ccccc1)c1ccc2oc3ccccc3c2c1. The standard InChI is InChI=1S/C22H16O5/c23-20(24)13-22(21(25)26,14-6-2-1-3-7-14)15-10-11-19-17(12-15)16-8-4-5-9-18(16)27-19/h1-12H,13H2,(H,23,24)(H,25,26). The first-order valence-corrected chi connectivity index (χ1v) is 8.45. The fraction of sp³-hybridized carbons (Fsp3) is 0.0909. The summed E-state index contributed by atoms with van der Waals surface area (Å²) in [5.41, 5.74) is 0.459. The number of fused-ring (bicyclic) bond motifs is 3. The average molecular weight is 360 g/mol. The van der Waals surface area contributed by atoms with Gasteiger partial charge in [-0.05, 0) is 29.3 Å². The number of carboxylic acids is 2. The number of carbonyl (C=O) groups is 2. The molecule has 27 heavy (non-hydrogen) atoms. The van der Waals surface area contributed by atoms with Crippen molar-refractivity contribution < 1.29 is 24.2 Å². The minimum absolute atomic E-state index is 0.405. The predicted molar refractivity (Wildman–Crippen MR) is 101 cm³/mol. The maximum Gasteiger partial charge on any atom is 0.319 e. The van der Waals surface area contributed by atoms with Gasteiger partial charge in [0, 0.05) is 10.8 Å². The zero-order valence-corrected chi connectivity index (χ0v) is 14.3. The lowest BCUT2D eigenvalue weighted by molar-refractivity contribution is -0.148. The van der Waals surface area contributed by atoms with Gasteiger partial charge in [0.15, 0.2) is 0 Å². The Labute approximate surface area is 154 Å². The molecule has 0 aliphatic carbocycles. The molecule has 134 valence electrons. The fourth-order valence-electron chi connectivity index (χ4n) is 3.63. The van der Waals surface area contributed by atoms with Gasteiger partial charge in [-0.3, -0.25) is 9.59 Å². The van der Waals surface area contributed by atoms with E-state index in [-0.39, 0.29) is 0 Å². The molecule has 0 amide bonds.